The number of carbonyl (C=O) groups is 2. The highest BCUT2D eigenvalue weighted by molar-refractivity contribution is 9.10. The fraction of sp³-hybridized carbons (Fsp3) is 0.211. The second-order valence-electron chi connectivity index (χ2n) is 5.32. The standard InChI is InChI=1S/C10H8BrNO3.C9H8BrNO2/c1-14-10(13)8-6-7(11)2-3-9(8)15-5-4-12;10-6-1-2-8-7(5-6)9(12)11-3-4-13-8/h2-3,6H,5H2,1H3;1-2,5H,3-4H2,(H,11,12). The molecule has 0 saturated heterocycles. The molecule has 2 aromatic rings. The lowest BCUT2D eigenvalue weighted by Gasteiger charge is -2.07. The summed E-state index contributed by atoms with van der Waals surface area (Å²) in [6.45, 7) is 0.983. The minimum Gasteiger partial charge on any atom is -0.491 e. The van der Waals surface area contributed by atoms with Gasteiger partial charge in [-0.15, -0.1) is 0 Å². The summed E-state index contributed by atoms with van der Waals surface area (Å²) in [6, 6.07) is 12.2. The van der Waals surface area contributed by atoms with E-state index in [0.717, 1.165) is 8.95 Å². The Morgan fingerprint density at radius 1 is 1.25 bits per heavy atom. The van der Waals surface area contributed by atoms with Crippen LogP contribution in [0.3, 0.4) is 0 Å². The number of halogens is 2. The average Bonchev–Trinajstić information content (AvgIpc) is 2.88. The summed E-state index contributed by atoms with van der Waals surface area (Å²) in [6.07, 6.45) is 0. The third-order valence-corrected chi connectivity index (χ3v) is 4.46. The number of nitrogens with one attached hydrogen (secondary N) is 1. The van der Waals surface area contributed by atoms with Crippen LogP contribution in [0.25, 0.3) is 0 Å². The first-order chi connectivity index (χ1) is 13.5. The molecule has 0 aliphatic carbocycles. The molecule has 146 valence electrons. The highest BCUT2D eigenvalue weighted by atomic mass is 79.9. The van der Waals surface area contributed by atoms with E-state index in [1.54, 1.807) is 30.3 Å². The van der Waals surface area contributed by atoms with Gasteiger partial charge in [-0.3, -0.25) is 4.79 Å². The van der Waals surface area contributed by atoms with Crippen LogP contribution in [0.2, 0.25) is 0 Å². The number of nitriles is 1. The molecule has 1 aliphatic rings. The second kappa shape index (κ2) is 10.7. The molecule has 0 atom stereocenters. The van der Waals surface area contributed by atoms with Crippen LogP contribution in [0, 0.1) is 11.3 Å². The van der Waals surface area contributed by atoms with E-state index < -0.39 is 5.97 Å². The van der Waals surface area contributed by atoms with Crippen molar-refractivity contribution in [2.24, 2.45) is 0 Å². The van der Waals surface area contributed by atoms with Gasteiger partial charge in [-0.2, -0.15) is 5.26 Å². The molecule has 0 unspecified atom stereocenters. The van der Waals surface area contributed by atoms with Crippen LogP contribution in [0.1, 0.15) is 20.7 Å². The van der Waals surface area contributed by atoms with E-state index in [1.807, 2.05) is 12.1 Å². The molecule has 28 heavy (non-hydrogen) atoms. The van der Waals surface area contributed by atoms with Crippen LogP contribution >= 0.6 is 31.9 Å². The second-order valence-corrected chi connectivity index (χ2v) is 7.16. The van der Waals surface area contributed by atoms with Crippen LogP contribution in [0.15, 0.2) is 45.3 Å². The molecule has 0 saturated carbocycles. The number of carbonyl (C=O) groups excluding carboxylic acids is 2. The molecular weight excluding hydrogens is 496 g/mol. The van der Waals surface area contributed by atoms with Gasteiger partial charge in [0.25, 0.3) is 5.91 Å². The molecule has 0 aromatic heterocycles. The Kier molecular flexibility index (Phi) is 8.29. The highest BCUT2D eigenvalue weighted by Gasteiger charge is 2.16. The fourth-order valence-electron chi connectivity index (χ4n) is 2.23. The maximum atomic E-state index is 11.4. The van der Waals surface area contributed by atoms with Crippen molar-refractivity contribution in [3.05, 3.63) is 56.5 Å². The molecule has 0 radical (unpaired) electrons. The van der Waals surface area contributed by atoms with Gasteiger partial charge in [0.15, 0.2) is 6.61 Å². The van der Waals surface area contributed by atoms with Gasteiger partial charge in [-0.25, -0.2) is 4.79 Å². The zero-order valence-electron chi connectivity index (χ0n) is 14.8. The quantitative estimate of drug-likeness (QED) is 0.631. The first-order valence-corrected chi connectivity index (χ1v) is 9.63. The predicted molar refractivity (Wildman–Crippen MR) is 109 cm³/mol. The summed E-state index contributed by atoms with van der Waals surface area (Å²) in [5.74, 6) is 0.419. The van der Waals surface area contributed by atoms with E-state index in [4.69, 9.17) is 14.7 Å². The van der Waals surface area contributed by atoms with Gasteiger partial charge in [0, 0.05) is 8.95 Å². The molecule has 0 bridgehead atoms. The fourth-order valence-corrected chi connectivity index (χ4v) is 2.96. The highest BCUT2D eigenvalue weighted by Crippen LogP contribution is 2.24. The molecule has 1 N–H and O–H groups in total. The zero-order chi connectivity index (χ0) is 20.5. The van der Waals surface area contributed by atoms with Gasteiger partial charge in [0.2, 0.25) is 0 Å². The number of amides is 1. The average molecular weight is 512 g/mol. The number of ether oxygens (including phenoxy) is 3. The van der Waals surface area contributed by atoms with Crippen molar-refractivity contribution in [1.29, 1.82) is 5.26 Å². The Morgan fingerprint density at radius 3 is 2.68 bits per heavy atom. The van der Waals surface area contributed by atoms with Crippen molar-refractivity contribution in [3.8, 4) is 17.6 Å². The maximum absolute atomic E-state index is 11.4. The monoisotopic (exact) mass is 510 g/mol. The number of benzene rings is 2. The zero-order valence-corrected chi connectivity index (χ0v) is 18.0. The summed E-state index contributed by atoms with van der Waals surface area (Å²) in [4.78, 5) is 22.8. The van der Waals surface area contributed by atoms with Crippen LogP contribution in [-0.2, 0) is 4.74 Å². The first-order valence-electron chi connectivity index (χ1n) is 8.04. The van der Waals surface area contributed by atoms with Crippen molar-refractivity contribution < 1.29 is 23.8 Å². The van der Waals surface area contributed by atoms with Crippen LogP contribution < -0.4 is 14.8 Å². The number of esters is 1. The largest absolute Gasteiger partial charge is 0.491 e. The third kappa shape index (κ3) is 5.97. The van der Waals surface area contributed by atoms with Gasteiger partial charge >= 0.3 is 5.97 Å². The lowest BCUT2D eigenvalue weighted by atomic mass is 10.2. The van der Waals surface area contributed by atoms with Crippen LogP contribution in [0.4, 0.5) is 0 Å². The normalized spacial score (nSPS) is 12.0. The van der Waals surface area contributed by atoms with Gasteiger partial charge in [0.1, 0.15) is 29.7 Å². The van der Waals surface area contributed by atoms with Gasteiger partial charge in [0.05, 0.1) is 19.2 Å². The number of methoxy groups -OCH3 is 1. The number of hydrogen-bond donors (Lipinski definition) is 1. The minimum absolute atomic E-state index is 0.0752. The Balaban J connectivity index is 0.000000202. The smallest absolute Gasteiger partial charge is 0.341 e. The predicted octanol–water partition coefficient (Wildman–Crippen LogP) is 3.71. The number of fused-ring (bicyclic) bond motifs is 1. The summed E-state index contributed by atoms with van der Waals surface area (Å²) >= 11 is 6.54. The molecule has 2 aromatic carbocycles. The summed E-state index contributed by atoms with van der Waals surface area (Å²) < 4.78 is 16.7. The molecule has 3 rings (SSSR count). The Bertz CT molecular complexity index is 912. The van der Waals surface area contributed by atoms with E-state index in [0.29, 0.717) is 35.8 Å². The lowest BCUT2D eigenvalue weighted by molar-refractivity contribution is 0.0596. The van der Waals surface area contributed by atoms with Gasteiger partial charge < -0.3 is 19.5 Å². The SMILES string of the molecule is COC(=O)c1cc(Br)ccc1OCC#N.O=C1NCCOc2ccc(Br)cc21. The van der Waals surface area contributed by atoms with Crippen LogP contribution in [-0.4, -0.2) is 38.7 Å². The molecule has 0 fully saturated rings. The Morgan fingerprint density at radius 2 is 1.96 bits per heavy atom. The number of nitrogens with zero attached hydrogens (tertiary/aromatic N) is 1. The van der Waals surface area contributed by atoms with E-state index in [9.17, 15) is 9.59 Å². The summed E-state index contributed by atoms with van der Waals surface area (Å²) in [5, 5.41) is 11.1. The lowest BCUT2D eigenvalue weighted by Crippen LogP contribution is -2.24. The van der Waals surface area contributed by atoms with Crippen molar-refractivity contribution in [2.75, 3.05) is 26.9 Å². The summed E-state index contributed by atoms with van der Waals surface area (Å²) in [5.41, 5.74) is 0.883. The topological polar surface area (TPSA) is 97.7 Å². The van der Waals surface area contributed by atoms with E-state index >= 15 is 0 Å². The van der Waals surface area contributed by atoms with E-state index in [1.165, 1.54) is 7.11 Å². The van der Waals surface area contributed by atoms with Crippen molar-refractivity contribution in [3.63, 3.8) is 0 Å². The molecule has 9 heteroatoms. The Labute approximate surface area is 178 Å². The third-order valence-electron chi connectivity index (χ3n) is 3.47. The summed E-state index contributed by atoms with van der Waals surface area (Å²) in [7, 11) is 1.29. The molecule has 1 aliphatic heterocycles. The molecule has 1 amide bonds. The van der Waals surface area contributed by atoms with Gasteiger partial charge in [-0.1, -0.05) is 31.9 Å². The van der Waals surface area contributed by atoms with Crippen molar-refractivity contribution in [2.45, 2.75) is 0 Å². The molecule has 7 nitrogen and oxygen atoms in total. The van der Waals surface area contributed by atoms with E-state index in [2.05, 4.69) is 41.9 Å². The van der Waals surface area contributed by atoms with Crippen molar-refractivity contribution >= 4 is 43.7 Å². The molecular formula is C19H16Br2N2O5. The van der Waals surface area contributed by atoms with Crippen LogP contribution in [0.5, 0.6) is 11.5 Å². The maximum Gasteiger partial charge on any atom is 0.341 e. The van der Waals surface area contributed by atoms with Gasteiger partial charge in [-0.05, 0) is 36.4 Å². The van der Waals surface area contributed by atoms with Crippen molar-refractivity contribution in [1.82, 2.24) is 5.32 Å². The molecule has 1 heterocycles. The number of rotatable bonds is 3. The number of hydrogen-bond acceptors (Lipinski definition) is 6. The first kappa shape index (κ1) is 21.7. The minimum atomic E-state index is -0.496. The molecule has 0 spiro atoms. The van der Waals surface area contributed by atoms with E-state index in [-0.39, 0.29) is 12.5 Å². The Hall–Kier alpha value is -2.57.